The van der Waals surface area contributed by atoms with E-state index in [4.69, 9.17) is 0 Å². The summed E-state index contributed by atoms with van der Waals surface area (Å²) in [5, 5.41) is 3.13. The quantitative estimate of drug-likeness (QED) is 0.860. The van der Waals surface area contributed by atoms with E-state index in [2.05, 4.69) is 5.32 Å². The molecule has 1 saturated heterocycles. The molecule has 0 bridgehead atoms. The molecule has 2 nitrogen and oxygen atoms in total. The Morgan fingerprint density at radius 2 is 1.86 bits per heavy atom. The zero-order valence-electron chi connectivity index (χ0n) is 11.4. The number of nitrogens with zero attached hydrogens (tertiary/aromatic N) is 1. The number of benzene rings is 1. The molecule has 0 spiro atoms. The van der Waals surface area contributed by atoms with Gasteiger partial charge >= 0.3 is 6.18 Å². The van der Waals surface area contributed by atoms with Crippen molar-refractivity contribution in [3.8, 4) is 0 Å². The largest absolute Gasteiger partial charge is 0.419 e. The molecule has 0 saturated carbocycles. The van der Waals surface area contributed by atoms with Crippen LogP contribution in [0.25, 0.3) is 0 Å². The predicted octanol–water partition coefficient (Wildman–Crippen LogP) is 3.15. The highest BCUT2D eigenvalue weighted by atomic mass is 19.4. The van der Waals surface area contributed by atoms with E-state index in [0.717, 1.165) is 12.1 Å². The SMILES string of the molecule is FCC[C@H](c1ccc(F)c(C(F)(F)F)c1)N1CCNCC1. The highest BCUT2D eigenvalue weighted by molar-refractivity contribution is 5.29. The lowest BCUT2D eigenvalue weighted by atomic mass is 9.99. The van der Waals surface area contributed by atoms with Gasteiger partial charge in [0.15, 0.2) is 0 Å². The molecule has 1 heterocycles. The van der Waals surface area contributed by atoms with Crippen LogP contribution in [0.5, 0.6) is 0 Å². The summed E-state index contributed by atoms with van der Waals surface area (Å²) in [6.07, 6.45) is -4.65. The summed E-state index contributed by atoms with van der Waals surface area (Å²) in [4.78, 5) is 1.93. The Morgan fingerprint density at radius 1 is 1.19 bits per heavy atom. The number of halogens is 5. The van der Waals surface area contributed by atoms with Crippen LogP contribution in [0.3, 0.4) is 0 Å². The minimum atomic E-state index is -4.75. The Morgan fingerprint density at radius 3 is 2.43 bits per heavy atom. The lowest BCUT2D eigenvalue weighted by Gasteiger charge is -2.35. The molecule has 0 unspecified atom stereocenters. The van der Waals surface area contributed by atoms with Crippen molar-refractivity contribution in [2.75, 3.05) is 32.9 Å². The van der Waals surface area contributed by atoms with E-state index in [1.54, 1.807) is 0 Å². The normalized spacial score (nSPS) is 18.7. The average Bonchev–Trinajstić information content (AvgIpc) is 2.45. The van der Waals surface area contributed by atoms with Crippen LogP contribution in [0.4, 0.5) is 22.0 Å². The van der Waals surface area contributed by atoms with Gasteiger partial charge < -0.3 is 5.32 Å². The Bertz CT molecular complexity index is 469. The minimum absolute atomic E-state index is 0.100. The maximum Gasteiger partial charge on any atom is 0.419 e. The molecule has 1 aliphatic rings. The number of hydrogen-bond acceptors (Lipinski definition) is 2. The summed E-state index contributed by atoms with van der Waals surface area (Å²) >= 11 is 0. The average molecular weight is 308 g/mol. The topological polar surface area (TPSA) is 15.3 Å². The number of rotatable bonds is 4. The van der Waals surface area contributed by atoms with E-state index in [-0.39, 0.29) is 6.42 Å². The molecule has 21 heavy (non-hydrogen) atoms. The Labute approximate surface area is 119 Å². The maximum atomic E-state index is 13.3. The van der Waals surface area contributed by atoms with Crippen LogP contribution in [-0.4, -0.2) is 37.8 Å². The fourth-order valence-electron chi connectivity index (χ4n) is 2.62. The molecule has 7 heteroatoms. The number of hydrogen-bond donors (Lipinski definition) is 1. The molecular formula is C14H17F5N2. The van der Waals surface area contributed by atoms with Crippen molar-refractivity contribution >= 4 is 0 Å². The summed E-state index contributed by atoms with van der Waals surface area (Å²) < 4.78 is 64.4. The Balaban J connectivity index is 2.31. The smallest absolute Gasteiger partial charge is 0.314 e. The molecule has 1 aromatic rings. The first-order valence-electron chi connectivity index (χ1n) is 6.81. The zero-order valence-corrected chi connectivity index (χ0v) is 11.4. The lowest BCUT2D eigenvalue weighted by molar-refractivity contribution is -0.140. The van der Waals surface area contributed by atoms with E-state index in [9.17, 15) is 22.0 Å². The van der Waals surface area contributed by atoms with Crippen molar-refractivity contribution in [1.29, 1.82) is 0 Å². The molecule has 1 aliphatic heterocycles. The summed E-state index contributed by atoms with van der Waals surface area (Å²) in [6.45, 7) is 2.03. The van der Waals surface area contributed by atoms with Gasteiger partial charge in [0, 0.05) is 32.2 Å². The van der Waals surface area contributed by atoms with Gasteiger partial charge in [0.2, 0.25) is 0 Å². The van der Waals surface area contributed by atoms with E-state index in [1.165, 1.54) is 6.07 Å². The van der Waals surface area contributed by atoms with E-state index < -0.39 is 30.3 Å². The first kappa shape index (κ1) is 16.2. The van der Waals surface area contributed by atoms with Gasteiger partial charge in [0.25, 0.3) is 0 Å². The molecule has 118 valence electrons. The summed E-state index contributed by atoms with van der Waals surface area (Å²) in [6, 6.07) is 2.47. The van der Waals surface area contributed by atoms with Crippen molar-refractivity contribution in [1.82, 2.24) is 10.2 Å². The van der Waals surface area contributed by atoms with Gasteiger partial charge in [-0.15, -0.1) is 0 Å². The number of piperazine rings is 1. The van der Waals surface area contributed by atoms with Crippen molar-refractivity contribution < 1.29 is 22.0 Å². The second-order valence-electron chi connectivity index (χ2n) is 5.02. The molecule has 1 atom stereocenters. The van der Waals surface area contributed by atoms with Crippen molar-refractivity contribution in [2.45, 2.75) is 18.6 Å². The van der Waals surface area contributed by atoms with Crippen LogP contribution in [0, 0.1) is 5.82 Å². The predicted molar refractivity (Wildman–Crippen MR) is 69.2 cm³/mol. The molecule has 0 aliphatic carbocycles. The fraction of sp³-hybridized carbons (Fsp3) is 0.571. The standard InChI is InChI=1S/C14H17F5N2/c15-4-3-13(21-7-5-20-6-8-21)10-1-2-12(16)11(9-10)14(17,18)19/h1-2,9,13,20H,3-8H2/t13-/m1/s1. The second-order valence-corrected chi connectivity index (χ2v) is 5.02. The molecule has 0 amide bonds. The van der Waals surface area contributed by atoms with Gasteiger partial charge in [-0.2, -0.15) is 13.2 Å². The van der Waals surface area contributed by atoms with E-state index >= 15 is 0 Å². The molecule has 1 fully saturated rings. The molecule has 1 N–H and O–H groups in total. The van der Waals surface area contributed by atoms with Crippen LogP contribution in [0.1, 0.15) is 23.6 Å². The lowest BCUT2D eigenvalue weighted by Crippen LogP contribution is -2.45. The van der Waals surface area contributed by atoms with Crippen molar-refractivity contribution in [2.24, 2.45) is 0 Å². The van der Waals surface area contributed by atoms with Crippen LogP contribution in [0.2, 0.25) is 0 Å². The van der Waals surface area contributed by atoms with Crippen LogP contribution in [0.15, 0.2) is 18.2 Å². The molecular weight excluding hydrogens is 291 g/mol. The highest BCUT2D eigenvalue weighted by Crippen LogP contribution is 2.34. The third-order valence-electron chi connectivity index (χ3n) is 3.66. The number of alkyl halides is 4. The van der Waals surface area contributed by atoms with Crippen molar-refractivity contribution in [3.63, 3.8) is 0 Å². The molecule has 2 rings (SSSR count). The van der Waals surface area contributed by atoms with Gasteiger partial charge in [-0.3, -0.25) is 9.29 Å². The third-order valence-corrected chi connectivity index (χ3v) is 3.66. The van der Waals surface area contributed by atoms with Gasteiger partial charge in [0.05, 0.1) is 12.2 Å². The minimum Gasteiger partial charge on any atom is -0.314 e. The van der Waals surface area contributed by atoms with Gasteiger partial charge in [-0.05, 0) is 24.1 Å². The maximum absolute atomic E-state index is 13.3. The molecule has 0 aromatic heterocycles. The van der Waals surface area contributed by atoms with E-state index in [0.29, 0.717) is 31.7 Å². The fourth-order valence-corrected chi connectivity index (χ4v) is 2.62. The second kappa shape index (κ2) is 6.70. The number of nitrogens with one attached hydrogen (secondary N) is 1. The van der Waals surface area contributed by atoms with Gasteiger partial charge in [-0.25, -0.2) is 4.39 Å². The highest BCUT2D eigenvalue weighted by Gasteiger charge is 2.35. The van der Waals surface area contributed by atoms with Crippen molar-refractivity contribution in [3.05, 3.63) is 35.1 Å². The third kappa shape index (κ3) is 3.91. The van der Waals surface area contributed by atoms with Crippen LogP contribution >= 0.6 is 0 Å². The Hall–Kier alpha value is -1.21. The zero-order chi connectivity index (χ0) is 15.5. The first-order chi connectivity index (χ1) is 9.93. The van der Waals surface area contributed by atoms with Gasteiger partial charge in [-0.1, -0.05) is 6.07 Å². The van der Waals surface area contributed by atoms with Crippen LogP contribution < -0.4 is 5.32 Å². The van der Waals surface area contributed by atoms with Crippen LogP contribution in [-0.2, 0) is 6.18 Å². The van der Waals surface area contributed by atoms with E-state index in [1.807, 2.05) is 4.90 Å². The first-order valence-corrected chi connectivity index (χ1v) is 6.81. The summed E-state index contributed by atoms with van der Waals surface area (Å²) in [5.41, 5.74) is -0.984. The van der Waals surface area contributed by atoms with Gasteiger partial charge in [0.1, 0.15) is 5.82 Å². The summed E-state index contributed by atoms with van der Waals surface area (Å²) in [5.74, 6) is -1.30. The summed E-state index contributed by atoms with van der Waals surface area (Å²) in [7, 11) is 0. The molecule has 1 aromatic carbocycles. The molecule has 0 radical (unpaired) electrons. The monoisotopic (exact) mass is 308 g/mol. The Kier molecular flexibility index (Phi) is 5.16.